The third kappa shape index (κ3) is 8.77. The zero-order valence-electron chi connectivity index (χ0n) is 19.7. The summed E-state index contributed by atoms with van der Waals surface area (Å²) in [7, 11) is 0. The van der Waals surface area contributed by atoms with E-state index in [0.29, 0.717) is 5.75 Å². The molecule has 2 rings (SSSR count). The van der Waals surface area contributed by atoms with Crippen LogP contribution in [0.4, 0.5) is 4.79 Å². The van der Waals surface area contributed by atoms with Crippen LogP contribution in [0, 0.1) is 0 Å². The van der Waals surface area contributed by atoms with Gasteiger partial charge in [-0.1, -0.05) is 108 Å². The van der Waals surface area contributed by atoms with Crippen molar-refractivity contribution in [3.63, 3.8) is 0 Å². The van der Waals surface area contributed by atoms with Gasteiger partial charge in [-0.05, 0) is 48.4 Å². The highest BCUT2D eigenvalue weighted by Gasteiger charge is 2.20. The van der Waals surface area contributed by atoms with Gasteiger partial charge in [0.15, 0.2) is 0 Å². The number of carbonyl (C=O) groups excluding carboxylic acids is 1. The standard InChI is InChI=1S/C28H40O3/c1-4-7-8-9-10-14-21-26(24-18-12-11-13-19-24)30-28(29)31-27-22-15-20-23(16-5-2)25(27)17-6-3/h11-13,15,18-20,22,26H,4-10,14,16-17,21H2,1-3H3. The van der Waals surface area contributed by atoms with Gasteiger partial charge in [-0.3, -0.25) is 0 Å². The molecule has 3 nitrogen and oxygen atoms in total. The van der Waals surface area contributed by atoms with Gasteiger partial charge in [0.25, 0.3) is 0 Å². The Morgan fingerprint density at radius 2 is 1.48 bits per heavy atom. The molecule has 0 amide bonds. The van der Waals surface area contributed by atoms with Gasteiger partial charge < -0.3 is 9.47 Å². The molecule has 2 aromatic rings. The van der Waals surface area contributed by atoms with Crippen molar-refractivity contribution in [3.05, 3.63) is 65.2 Å². The van der Waals surface area contributed by atoms with Crippen LogP contribution in [0.15, 0.2) is 48.5 Å². The Morgan fingerprint density at radius 1 is 0.774 bits per heavy atom. The van der Waals surface area contributed by atoms with Crippen molar-refractivity contribution < 1.29 is 14.3 Å². The van der Waals surface area contributed by atoms with Crippen LogP contribution < -0.4 is 4.74 Å². The molecule has 0 saturated heterocycles. The highest BCUT2D eigenvalue weighted by molar-refractivity contribution is 5.65. The fourth-order valence-electron chi connectivity index (χ4n) is 4.05. The molecule has 0 heterocycles. The van der Waals surface area contributed by atoms with Crippen molar-refractivity contribution in [2.24, 2.45) is 0 Å². The van der Waals surface area contributed by atoms with Crippen LogP contribution in [-0.4, -0.2) is 6.16 Å². The molecule has 0 fully saturated rings. The van der Waals surface area contributed by atoms with Gasteiger partial charge >= 0.3 is 6.16 Å². The normalized spacial score (nSPS) is 11.8. The number of unbranched alkanes of at least 4 members (excludes halogenated alkanes) is 5. The highest BCUT2D eigenvalue weighted by atomic mass is 16.7. The molecule has 0 radical (unpaired) electrons. The molecule has 0 aliphatic heterocycles. The first-order chi connectivity index (χ1) is 15.2. The Hall–Kier alpha value is -2.29. The molecule has 0 bridgehead atoms. The van der Waals surface area contributed by atoms with Crippen molar-refractivity contribution in [1.82, 2.24) is 0 Å². The van der Waals surface area contributed by atoms with Crippen molar-refractivity contribution in [2.45, 2.75) is 97.5 Å². The number of hydrogen-bond donors (Lipinski definition) is 0. The van der Waals surface area contributed by atoms with Crippen LogP contribution in [0.5, 0.6) is 5.75 Å². The molecule has 3 heteroatoms. The quantitative estimate of drug-likeness (QED) is 0.173. The summed E-state index contributed by atoms with van der Waals surface area (Å²) in [5, 5.41) is 0. The van der Waals surface area contributed by atoms with Crippen LogP contribution in [0.2, 0.25) is 0 Å². The predicted molar refractivity (Wildman–Crippen MR) is 129 cm³/mol. The smallest absolute Gasteiger partial charge is 0.426 e. The van der Waals surface area contributed by atoms with E-state index < -0.39 is 6.16 Å². The fourth-order valence-corrected chi connectivity index (χ4v) is 4.05. The van der Waals surface area contributed by atoms with Crippen molar-refractivity contribution in [1.29, 1.82) is 0 Å². The van der Waals surface area contributed by atoms with Gasteiger partial charge in [-0.15, -0.1) is 0 Å². The maximum absolute atomic E-state index is 12.8. The lowest BCUT2D eigenvalue weighted by Crippen LogP contribution is -2.16. The Kier molecular flexibility index (Phi) is 11.8. The van der Waals surface area contributed by atoms with E-state index in [9.17, 15) is 4.79 Å². The second-order valence-corrected chi connectivity index (χ2v) is 8.32. The van der Waals surface area contributed by atoms with Crippen LogP contribution >= 0.6 is 0 Å². The first-order valence-electron chi connectivity index (χ1n) is 12.2. The topological polar surface area (TPSA) is 35.5 Å². The average molecular weight is 425 g/mol. The molecule has 0 N–H and O–H groups in total. The lowest BCUT2D eigenvalue weighted by atomic mass is 9.98. The largest absolute Gasteiger partial charge is 0.514 e. The van der Waals surface area contributed by atoms with E-state index in [1.165, 1.54) is 37.7 Å². The molecule has 0 aliphatic carbocycles. The minimum Gasteiger partial charge on any atom is -0.426 e. The first kappa shape index (κ1) is 25.0. The lowest BCUT2D eigenvalue weighted by Gasteiger charge is -2.19. The zero-order valence-corrected chi connectivity index (χ0v) is 19.7. The van der Waals surface area contributed by atoms with E-state index in [2.05, 4.69) is 26.8 Å². The number of rotatable bonds is 14. The average Bonchev–Trinajstić information content (AvgIpc) is 2.78. The zero-order chi connectivity index (χ0) is 22.3. The maximum Gasteiger partial charge on any atom is 0.514 e. The Balaban J connectivity index is 2.03. The van der Waals surface area contributed by atoms with E-state index in [4.69, 9.17) is 9.47 Å². The van der Waals surface area contributed by atoms with Crippen LogP contribution in [-0.2, 0) is 17.6 Å². The summed E-state index contributed by atoms with van der Waals surface area (Å²) >= 11 is 0. The number of carbonyl (C=O) groups is 1. The second kappa shape index (κ2) is 14.7. The summed E-state index contributed by atoms with van der Waals surface area (Å²) in [4.78, 5) is 12.8. The van der Waals surface area contributed by atoms with Crippen molar-refractivity contribution >= 4 is 6.16 Å². The fraction of sp³-hybridized carbons (Fsp3) is 0.536. The summed E-state index contributed by atoms with van der Waals surface area (Å²) < 4.78 is 11.6. The van der Waals surface area contributed by atoms with Crippen molar-refractivity contribution in [2.75, 3.05) is 0 Å². The first-order valence-corrected chi connectivity index (χ1v) is 12.2. The third-order valence-electron chi connectivity index (χ3n) is 5.67. The molecule has 0 aromatic heterocycles. The maximum atomic E-state index is 12.8. The monoisotopic (exact) mass is 424 g/mol. The number of benzene rings is 2. The minimum absolute atomic E-state index is 0.270. The Bertz CT molecular complexity index is 754. The predicted octanol–water partition coefficient (Wildman–Crippen LogP) is 8.60. The van der Waals surface area contributed by atoms with E-state index >= 15 is 0 Å². The summed E-state index contributed by atoms with van der Waals surface area (Å²) in [5.41, 5.74) is 3.43. The summed E-state index contributed by atoms with van der Waals surface area (Å²) in [5.74, 6) is 0.643. The Morgan fingerprint density at radius 3 is 2.19 bits per heavy atom. The van der Waals surface area contributed by atoms with Crippen molar-refractivity contribution in [3.8, 4) is 5.75 Å². The highest BCUT2D eigenvalue weighted by Crippen LogP contribution is 2.28. The van der Waals surface area contributed by atoms with Gasteiger partial charge in [-0.2, -0.15) is 0 Å². The molecular formula is C28H40O3. The van der Waals surface area contributed by atoms with Gasteiger partial charge in [0.1, 0.15) is 11.9 Å². The molecule has 0 saturated carbocycles. The molecule has 1 atom stereocenters. The number of hydrogen-bond acceptors (Lipinski definition) is 3. The van der Waals surface area contributed by atoms with E-state index in [0.717, 1.165) is 49.7 Å². The van der Waals surface area contributed by atoms with Crippen LogP contribution in [0.3, 0.4) is 0 Å². The summed E-state index contributed by atoms with van der Waals surface area (Å²) in [6, 6.07) is 16.0. The van der Waals surface area contributed by atoms with E-state index in [1.807, 2.05) is 42.5 Å². The Labute approximate surface area is 189 Å². The molecule has 0 aliphatic rings. The van der Waals surface area contributed by atoms with Crippen LogP contribution in [0.25, 0.3) is 0 Å². The summed E-state index contributed by atoms with van der Waals surface area (Å²) in [6.45, 7) is 6.55. The van der Waals surface area contributed by atoms with Gasteiger partial charge in [0.2, 0.25) is 0 Å². The second-order valence-electron chi connectivity index (χ2n) is 8.32. The number of aryl methyl sites for hydroxylation is 1. The molecule has 2 aromatic carbocycles. The minimum atomic E-state index is -0.606. The van der Waals surface area contributed by atoms with Gasteiger partial charge in [0.05, 0.1) is 0 Å². The summed E-state index contributed by atoms with van der Waals surface area (Å²) in [6.07, 6.45) is 11.2. The van der Waals surface area contributed by atoms with Gasteiger partial charge in [0, 0.05) is 0 Å². The lowest BCUT2D eigenvalue weighted by molar-refractivity contribution is 0.0525. The molecule has 170 valence electrons. The molecule has 0 spiro atoms. The molecule has 1 unspecified atom stereocenters. The van der Waals surface area contributed by atoms with Crippen LogP contribution in [0.1, 0.15) is 101 Å². The van der Waals surface area contributed by atoms with E-state index in [-0.39, 0.29) is 6.10 Å². The number of ether oxygens (including phenoxy) is 2. The molecule has 31 heavy (non-hydrogen) atoms. The SMILES string of the molecule is CCCCCCCCC(OC(=O)Oc1cccc(CCC)c1CCC)c1ccccc1. The molecular weight excluding hydrogens is 384 g/mol. The van der Waals surface area contributed by atoms with Gasteiger partial charge in [-0.25, -0.2) is 4.79 Å². The van der Waals surface area contributed by atoms with E-state index in [1.54, 1.807) is 0 Å². The third-order valence-corrected chi connectivity index (χ3v) is 5.67.